The number of hydrogen-bond donors (Lipinski definition) is 2. The van der Waals surface area contributed by atoms with E-state index in [9.17, 15) is 5.11 Å². The SMILES string of the molecule is Cc1nccc(CNCC(O)CC(C)C)n1. The zero-order chi connectivity index (χ0) is 12.0. The summed E-state index contributed by atoms with van der Waals surface area (Å²) in [5.74, 6) is 1.31. The van der Waals surface area contributed by atoms with Gasteiger partial charge in [-0.1, -0.05) is 13.8 Å². The van der Waals surface area contributed by atoms with Gasteiger partial charge in [-0.25, -0.2) is 9.97 Å². The van der Waals surface area contributed by atoms with Crippen LogP contribution in [0.4, 0.5) is 0 Å². The van der Waals surface area contributed by atoms with Crippen molar-refractivity contribution in [3.8, 4) is 0 Å². The van der Waals surface area contributed by atoms with Gasteiger partial charge in [-0.15, -0.1) is 0 Å². The average Bonchev–Trinajstić information content (AvgIpc) is 2.16. The zero-order valence-electron chi connectivity index (χ0n) is 10.3. The van der Waals surface area contributed by atoms with Crippen LogP contribution in [0, 0.1) is 12.8 Å². The number of nitrogens with zero attached hydrogens (tertiary/aromatic N) is 2. The average molecular weight is 223 g/mol. The van der Waals surface area contributed by atoms with E-state index in [0.29, 0.717) is 19.0 Å². The van der Waals surface area contributed by atoms with Gasteiger partial charge in [0.25, 0.3) is 0 Å². The molecule has 0 spiro atoms. The Kier molecular flexibility index (Phi) is 5.35. The highest BCUT2D eigenvalue weighted by Gasteiger charge is 2.06. The van der Waals surface area contributed by atoms with Gasteiger partial charge in [0.05, 0.1) is 11.8 Å². The maximum Gasteiger partial charge on any atom is 0.125 e. The molecule has 1 aromatic heterocycles. The Hall–Kier alpha value is -1.00. The Morgan fingerprint density at radius 1 is 1.44 bits per heavy atom. The molecule has 1 aromatic rings. The molecule has 1 unspecified atom stereocenters. The van der Waals surface area contributed by atoms with Crippen molar-refractivity contribution in [2.24, 2.45) is 5.92 Å². The fourth-order valence-corrected chi connectivity index (χ4v) is 1.60. The summed E-state index contributed by atoms with van der Waals surface area (Å²) in [6.07, 6.45) is 2.31. The summed E-state index contributed by atoms with van der Waals surface area (Å²) in [5.41, 5.74) is 0.962. The normalized spacial score (nSPS) is 13.1. The highest BCUT2D eigenvalue weighted by Crippen LogP contribution is 2.03. The number of aliphatic hydroxyl groups excluding tert-OH is 1. The predicted molar refractivity (Wildman–Crippen MR) is 63.9 cm³/mol. The van der Waals surface area contributed by atoms with Gasteiger partial charge >= 0.3 is 0 Å². The maximum atomic E-state index is 9.66. The molecule has 1 rings (SSSR count). The van der Waals surface area contributed by atoms with Gasteiger partial charge in [0.1, 0.15) is 5.82 Å². The number of nitrogens with one attached hydrogen (secondary N) is 1. The summed E-state index contributed by atoms with van der Waals surface area (Å²) < 4.78 is 0. The monoisotopic (exact) mass is 223 g/mol. The minimum Gasteiger partial charge on any atom is -0.392 e. The van der Waals surface area contributed by atoms with Crippen molar-refractivity contribution in [3.63, 3.8) is 0 Å². The van der Waals surface area contributed by atoms with Crippen LogP contribution in [0.25, 0.3) is 0 Å². The summed E-state index contributed by atoms with van der Waals surface area (Å²) in [6.45, 7) is 7.38. The second kappa shape index (κ2) is 6.55. The number of aryl methyl sites for hydroxylation is 1. The van der Waals surface area contributed by atoms with E-state index in [2.05, 4.69) is 29.1 Å². The quantitative estimate of drug-likeness (QED) is 0.763. The third-order valence-corrected chi connectivity index (χ3v) is 2.26. The zero-order valence-corrected chi connectivity index (χ0v) is 10.3. The second-order valence-electron chi connectivity index (χ2n) is 4.51. The molecule has 0 aromatic carbocycles. The van der Waals surface area contributed by atoms with Crippen molar-refractivity contribution < 1.29 is 5.11 Å². The Morgan fingerprint density at radius 2 is 2.19 bits per heavy atom. The fourth-order valence-electron chi connectivity index (χ4n) is 1.60. The van der Waals surface area contributed by atoms with Crippen LogP contribution in [-0.4, -0.2) is 27.7 Å². The molecular weight excluding hydrogens is 202 g/mol. The van der Waals surface area contributed by atoms with E-state index in [4.69, 9.17) is 0 Å². The lowest BCUT2D eigenvalue weighted by atomic mass is 10.1. The van der Waals surface area contributed by atoms with Crippen molar-refractivity contribution in [2.75, 3.05) is 6.54 Å². The van der Waals surface area contributed by atoms with Gasteiger partial charge in [-0.3, -0.25) is 0 Å². The van der Waals surface area contributed by atoms with E-state index in [-0.39, 0.29) is 6.10 Å². The highest BCUT2D eigenvalue weighted by molar-refractivity contribution is 5.00. The van der Waals surface area contributed by atoms with Crippen molar-refractivity contribution in [1.82, 2.24) is 15.3 Å². The minimum atomic E-state index is -0.275. The topological polar surface area (TPSA) is 58.0 Å². The molecule has 0 aliphatic rings. The summed E-state index contributed by atoms with van der Waals surface area (Å²) in [4.78, 5) is 8.31. The number of aliphatic hydroxyl groups is 1. The van der Waals surface area contributed by atoms with Crippen LogP contribution in [0.1, 0.15) is 31.8 Å². The molecule has 16 heavy (non-hydrogen) atoms. The van der Waals surface area contributed by atoms with E-state index in [1.165, 1.54) is 0 Å². The lowest BCUT2D eigenvalue weighted by molar-refractivity contribution is 0.146. The molecule has 0 fully saturated rings. The van der Waals surface area contributed by atoms with Crippen molar-refractivity contribution in [3.05, 3.63) is 23.8 Å². The van der Waals surface area contributed by atoms with Gasteiger partial charge in [0.2, 0.25) is 0 Å². The molecule has 90 valence electrons. The first kappa shape index (κ1) is 13.1. The highest BCUT2D eigenvalue weighted by atomic mass is 16.3. The lowest BCUT2D eigenvalue weighted by Crippen LogP contribution is -2.27. The van der Waals surface area contributed by atoms with E-state index < -0.39 is 0 Å². The van der Waals surface area contributed by atoms with Crippen molar-refractivity contribution in [2.45, 2.75) is 39.8 Å². The Balaban J connectivity index is 2.25. The third kappa shape index (κ3) is 5.19. The van der Waals surface area contributed by atoms with Crippen LogP contribution in [0.5, 0.6) is 0 Å². The summed E-state index contributed by atoms with van der Waals surface area (Å²) in [5, 5.41) is 12.9. The van der Waals surface area contributed by atoms with E-state index in [0.717, 1.165) is 17.9 Å². The molecule has 0 aliphatic carbocycles. The van der Waals surface area contributed by atoms with Crippen LogP contribution < -0.4 is 5.32 Å². The van der Waals surface area contributed by atoms with E-state index in [1.807, 2.05) is 13.0 Å². The predicted octanol–water partition coefficient (Wildman–Crippen LogP) is 1.28. The van der Waals surface area contributed by atoms with Crippen molar-refractivity contribution in [1.29, 1.82) is 0 Å². The first-order chi connectivity index (χ1) is 7.58. The lowest BCUT2D eigenvalue weighted by Gasteiger charge is -2.13. The molecule has 4 nitrogen and oxygen atoms in total. The molecule has 1 atom stereocenters. The first-order valence-corrected chi connectivity index (χ1v) is 5.75. The Labute approximate surface area is 97.1 Å². The van der Waals surface area contributed by atoms with E-state index in [1.54, 1.807) is 6.20 Å². The molecule has 0 saturated carbocycles. The number of aromatic nitrogens is 2. The van der Waals surface area contributed by atoms with Crippen LogP contribution >= 0.6 is 0 Å². The molecule has 0 amide bonds. The van der Waals surface area contributed by atoms with Gasteiger partial charge in [-0.05, 0) is 25.3 Å². The summed E-state index contributed by atoms with van der Waals surface area (Å²) in [7, 11) is 0. The van der Waals surface area contributed by atoms with Crippen molar-refractivity contribution >= 4 is 0 Å². The van der Waals surface area contributed by atoms with Crippen LogP contribution in [0.15, 0.2) is 12.3 Å². The van der Waals surface area contributed by atoms with E-state index >= 15 is 0 Å². The Bertz CT molecular complexity index is 315. The fraction of sp³-hybridized carbons (Fsp3) is 0.667. The molecule has 0 saturated heterocycles. The van der Waals surface area contributed by atoms with Gasteiger partial charge in [0.15, 0.2) is 0 Å². The minimum absolute atomic E-state index is 0.275. The molecule has 4 heteroatoms. The van der Waals surface area contributed by atoms with Crippen LogP contribution in [-0.2, 0) is 6.54 Å². The number of rotatable bonds is 6. The molecule has 0 aliphatic heterocycles. The van der Waals surface area contributed by atoms with Crippen LogP contribution in [0.3, 0.4) is 0 Å². The first-order valence-electron chi connectivity index (χ1n) is 5.75. The third-order valence-electron chi connectivity index (χ3n) is 2.26. The molecule has 1 heterocycles. The molecule has 0 radical (unpaired) electrons. The van der Waals surface area contributed by atoms with Gasteiger partial charge < -0.3 is 10.4 Å². The summed E-state index contributed by atoms with van der Waals surface area (Å²) in [6, 6.07) is 1.88. The molecular formula is C12H21N3O. The number of hydrogen-bond acceptors (Lipinski definition) is 4. The van der Waals surface area contributed by atoms with Gasteiger partial charge in [-0.2, -0.15) is 0 Å². The smallest absolute Gasteiger partial charge is 0.125 e. The largest absolute Gasteiger partial charge is 0.392 e. The van der Waals surface area contributed by atoms with Crippen LogP contribution in [0.2, 0.25) is 0 Å². The Morgan fingerprint density at radius 3 is 2.81 bits per heavy atom. The van der Waals surface area contributed by atoms with Gasteiger partial charge in [0, 0.05) is 19.3 Å². The standard InChI is InChI=1S/C12H21N3O/c1-9(2)6-12(16)8-13-7-11-4-5-14-10(3)15-11/h4-5,9,12-13,16H,6-8H2,1-3H3. The maximum absolute atomic E-state index is 9.66. The summed E-state index contributed by atoms with van der Waals surface area (Å²) >= 11 is 0. The molecule has 0 bridgehead atoms. The second-order valence-corrected chi connectivity index (χ2v) is 4.51. The molecule has 2 N–H and O–H groups in total.